The number of rotatable bonds is 1. The van der Waals surface area contributed by atoms with Crippen molar-refractivity contribution in [3.63, 3.8) is 0 Å². The van der Waals surface area contributed by atoms with Crippen LogP contribution >= 0.6 is 0 Å². The van der Waals surface area contributed by atoms with Gasteiger partial charge in [0.1, 0.15) is 0 Å². The topological polar surface area (TPSA) is 54.0 Å². The summed E-state index contributed by atoms with van der Waals surface area (Å²) in [7, 11) is 0. The molecular formula is C13H17N3O. The number of nitrogens with one attached hydrogen (secondary N) is 2. The van der Waals surface area contributed by atoms with Crippen LogP contribution in [0.15, 0.2) is 24.5 Å². The van der Waals surface area contributed by atoms with Crippen LogP contribution in [0.25, 0.3) is 0 Å². The third-order valence-electron chi connectivity index (χ3n) is 4.19. The molecule has 1 spiro atoms. The first kappa shape index (κ1) is 10.7. The van der Waals surface area contributed by atoms with Crippen molar-refractivity contribution in [1.82, 2.24) is 15.6 Å². The number of pyridine rings is 1. The minimum atomic E-state index is -0.188. The van der Waals surface area contributed by atoms with Gasteiger partial charge in [-0.2, -0.15) is 0 Å². The Labute approximate surface area is 101 Å². The number of carbonyl (C=O) groups is 1. The molecule has 2 aliphatic heterocycles. The Morgan fingerprint density at radius 3 is 2.65 bits per heavy atom. The first-order valence-corrected chi connectivity index (χ1v) is 6.22. The largest absolute Gasteiger partial charge is 0.355 e. The summed E-state index contributed by atoms with van der Waals surface area (Å²) < 4.78 is 0. The lowest BCUT2D eigenvalue weighted by Gasteiger charge is -2.36. The number of hydrogen-bond acceptors (Lipinski definition) is 3. The van der Waals surface area contributed by atoms with Gasteiger partial charge in [-0.05, 0) is 43.6 Å². The summed E-state index contributed by atoms with van der Waals surface area (Å²) in [5.41, 5.74) is 1.05. The molecule has 0 aromatic carbocycles. The third-order valence-corrected chi connectivity index (χ3v) is 4.19. The summed E-state index contributed by atoms with van der Waals surface area (Å²) in [4.78, 5) is 16.2. The highest BCUT2D eigenvalue weighted by Crippen LogP contribution is 2.46. The van der Waals surface area contributed by atoms with Crippen molar-refractivity contribution in [2.24, 2.45) is 5.41 Å². The fourth-order valence-corrected chi connectivity index (χ4v) is 3.21. The van der Waals surface area contributed by atoms with Crippen LogP contribution in [0.2, 0.25) is 0 Å². The van der Waals surface area contributed by atoms with Gasteiger partial charge in [-0.3, -0.25) is 9.78 Å². The smallest absolute Gasteiger partial charge is 0.227 e. The SMILES string of the molecule is O=C1NCC(c2ccncc2)C12CCNCC2. The van der Waals surface area contributed by atoms with Gasteiger partial charge in [0, 0.05) is 24.9 Å². The Bertz CT molecular complexity index is 412. The Morgan fingerprint density at radius 2 is 1.94 bits per heavy atom. The fraction of sp³-hybridized carbons (Fsp3) is 0.538. The van der Waals surface area contributed by atoms with Crippen LogP contribution in [-0.2, 0) is 4.79 Å². The highest BCUT2D eigenvalue weighted by Gasteiger charge is 2.50. The molecule has 3 heterocycles. The maximum atomic E-state index is 12.2. The molecule has 3 rings (SSSR count). The van der Waals surface area contributed by atoms with Crippen molar-refractivity contribution in [3.8, 4) is 0 Å². The molecule has 1 atom stereocenters. The molecule has 1 amide bonds. The van der Waals surface area contributed by atoms with Gasteiger partial charge >= 0.3 is 0 Å². The van der Waals surface area contributed by atoms with E-state index in [-0.39, 0.29) is 11.3 Å². The van der Waals surface area contributed by atoms with Crippen molar-refractivity contribution >= 4 is 5.91 Å². The molecule has 0 bridgehead atoms. The highest BCUT2D eigenvalue weighted by molar-refractivity contribution is 5.86. The zero-order valence-electron chi connectivity index (χ0n) is 9.78. The quantitative estimate of drug-likeness (QED) is 0.746. The number of aromatic nitrogens is 1. The molecule has 1 aromatic heterocycles. The monoisotopic (exact) mass is 231 g/mol. The van der Waals surface area contributed by atoms with Crippen LogP contribution < -0.4 is 10.6 Å². The Hall–Kier alpha value is -1.42. The van der Waals surface area contributed by atoms with Crippen molar-refractivity contribution in [3.05, 3.63) is 30.1 Å². The van der Waals surface area contributed by atoms with E-state index < -0.39 is 0 Å². The standard InChI is InChI=1S/C13H17N3O/c17-12-13(3-7-15-8-4-13)11(9-16-12)10-1-5-14-6-2-10/h1-2,5-6,11,15H,3-4,7-9H2,(H,16,17). The average molecular weight is 231 g/mol. The summed E-state index contributed by atoms with van der Waals surface area (Å²) in [6.07, 6.45) is 5.50. The number of carbonyl (C=O) groups excluding carboxylic acids is 1. The third kappa shape index (κ3) is 1.63. The van der Waals surface area contributed by atoms with Gasteiger partial charge in [-0.25, -0.2) is 0 Å². The van der Waals surface area contributed by atoms with Gasteiger partial charge < -0.3 is 10.6 Å². The second-order valence-electron chi connectivity index (χ2n) is 4.95. The molecule has 0 aliphatic carbocycles. The predicted molar refractivity (Wildman–Crippen MR) is 64.5 cm³/mol. The average Bonchev–Trinajstić information content (AvgIpc) is 2.69. The number of amides is 1. The molecule has 1 aromatic rings. The van der Waals surface area contributed by atoms with E-state index in [0.717, 1.165) is 32.5 Å². The van der Waals surface area contributed by atoms with Crippen LogP contribution in [0.4, 0.5) is 0 Å². The van der Waals surface area contributed by atoms with E-state index in [0.29, 0.717) is 5.92 Å². The number of hydrogen-bond donors (Lipinski definition) is 2. The summed E-state index contributed by atoms with van der Waals surface area (Å²) in [5.74, 6) is 0.543. The zero-order valence-corrected chi connectivity index (χ0v) is 9.78. The molecule has 2 fully saturated rings. The Kier molecular flexibility index (Phi) is 2.59. The molecule has 17 heavy (non-hydrogen) atoms. The summed E-state index contributed by atoms with van der Waals surface area (Å²) in [6, 6.07) is 4.07. The van der Waals surface area contributed by atoms with Crippen LogP contribution in [0.3, 0.4) is 0 Å². The van der Waals surface area contributed by atoms with Gasteiger partial charge in [0.25, 0.3) is 0 Å². The molecule has 4 nitrogen and oxygen atoms in total. The molecule has 2 saturated heterocycles. The minimum Gasteiger partial charge on any atom is -0.355 e. The summed E-state index contributed by atoms with van der Waals surface area (Å²) >= 11 is 0. The first-order valence-electron chi connectivity index (χ1n) is 6.22. The van der Waals surface area contributed by atoms with E-state index >= 15 is 0 Å². The lowest BCUT2D eigenvalue weighted by atomic mass is 9.68. The summed E-state index contributed by atoms with van der Waals surface area (Å²) in [6.45, 7) is 2.65. The van der Waals surface area contributed by atoms with Crippen LogP contribution in [-0.4, -0.2) is 30.5 Å². The normalized spacial score (nSPS) is 27.1. The van der Waals surface area contributed by atoms with Gasteiger partial charge in [0.05, 0.1) is 5.41 Å². The van der Waals surface area contributed by atoms with E-state index in [2.05, 4.69) is 15.6 Å². The van der Waals surface area contributed by atoms with E-state index in [4.69, 9.17) is 0 Å². The van der Waals surface area contributed by atoms with Gasteiger partial charge in [-0.15, -0.1) is 0 Å². The molecule has 90 valence electrons. The molecule has 2 aliphatic rings. The Morgan fingerprint density at radius 1 is 1.24 bits per heavy atom. The zero-order chi connectivity index (χ0) is 11.7. The lowest BCUT2D eigenvalue weighted by molar-refractivity contribution is -0.129. The molecular weight excluding hydrogens is 214 g/mol. The van der Waals surface area contributed by atoms with E-state index in [1.165, 1.54) is 5.56 Å². The molecule has 4 heteroatoms. The van der Waals surface area contributed by atoms with E-state index in [9.17, 15) is 4.79 Å². The molecule has 0 saturated carbocycles. The van der Waals surface area contributed by atoms with Gasteiger partial charge in [0.2, 0.25) is 5.91 Å². The van der Waals surface area contributed by atoms with Crippen LogP contribution in [0.1, 0.15) is 24.3 Å². The fourth-order valence-electron chi connectivity index (χ4n) is 3.21. The van der Waals surface area contributed by atoms with E-state index in [1.807, 2.05) is 24.5 Å². The van der Waals surface area contributed by atoms with Crippen LogP contribution in [0.5, 0.6) is 0 Å². The van der Waals surface area contributed by atoms with Crippen molar-refractivity contribution in [2.45, 2.75) is 18.8 Å². The Balaban J connectivity index is 1.96. The first-order chi connectivity index (χ1) is 8.33. The van der Waals surface area contributed by atoms with Crippen molar-refractivity contribution in [2.75, 3.05) is 19.6 Å². The maximum Gasteiger partial charge on any atom is 0.227 e. The molecule has 1 unspecified atom stereocenters. The maximum absolute atomic E-state index is 12.2. The van der Waals surface area contributed by atoms with Crippen molar-refractivity contribution in [1.29, 1.82) is 0 Å². The van der Waals surface area contributed by atoms with Gasteiger partial charge in [0.15, 0.2) is 0 Å². The predicted octanol–water partition coefficient (Wildman–Crippen LogP) is 0.665. The second kappa shape index (κ2) is 4.11. The number of piperidine rings is 1. The highest BCUT2D eigenvalue weighted by atomic mass is 16.2. The second-order valence-corrected chi connectivity index (χ2v) is 4.95. The summed E-state index contributed by atoms with van der Waals surface area (Å²) in [5, 5.41) is 6.38. The molecule has 0 radical (unpaired) electrons. The molecule has 2 N–H and O–H groups in total. The number of nitrogens with zero attached hydrogens (tertiary/aromatic N) is 1. The van der Waals surface area contributed by atoms with Crippen molar-refractivity contribution < 1.29 is 4.79 Å². The van der Waals surface area contributed by atoms with Gasteiger partial charge in [-0.1, -0.05) is 0 Å². The minimum absolute atomic E-state index is 0.188. The lowest BCUT2D eigenvalue weighted by Crippen LogP contribution is -2.44. The van der Waals surface area contributed by atoms with Crippen LogP contribution in [0, 0.1) is 5.41 Å². The van der Waals surface area contributed by atoms with E-state index in [1.54, 1.807) is 0 Å².